The van der Waals surface area contributed by atoms with Crippen LogP contribution in [0.2, 0.25) is 0 Å². The van der Waals surface area contributed by atoms with Gasteiger partial charge < -0.3 is 14.3 Å². The zero-order valence-corrected chi connectivity index (χ0v) is 16.8. The van der Waals surface area contributed by atoms with E-state index in [0.717, 1.165) is 27.7 Å². The molecular formula is C21H19N3O3S. The van der Waals surface area contributed by atoms with Crippen molar-refractivity contribution in [2.24, 2.45) is 0 Å². The second-order valence-corrected chi connectivity index (χ2v) is 7.40. The van der Waals surface area contributed by atoms with E-state index in [1.165, 1.54) is 0 Å². The first-order valence-electron chi connectivity index (χ1n) is 8.76. The molecule has 3 heterocycles. The maximum absolute atomic E-state index is 13.1. The molecule has 0 aliphatic rings. The maximum Gasteiger partial charge on any atom is 0.259 e. The number of aryl methyl sites for hydroxylation is 3. The Hall–Kier alpha value is -3.06. The Morgan fingerprint density at radius 3 is 2.68 bits per heavy atom. The topological polar surface area (TPSA) is 81.2 Å². The second kappa shape index (κ2) is 7.16. The van der Waals surface area contributed by atoms with Gasteiger partial charge in [-0.3, -0.25) is 4.79 Å². The quantitative estimate of drug-likeness (QED) is 0.469. The smallest absolute Gasteiger partial charge is 0.259 e. The number of fused-ring (bicyclic) bond motifs is 1. The first kappa shape index (κ1) is 18.3. The number of aromatic nitrogens is 2. The Balaban J connectivity index is 1.81. The average Bonchev–Trinajstić information content (AvgIpc) is 3.22. The lowest BCUT2D eigenvalue weighted by Gasteiger charge is -2.09. The molecule has 0 unspecified atom stereocenters. The number of benzene rings is 1. The highest BCUT2D eigenvalue weighted by atomic mass is 32.2. The van der Waals surface area contributed by atoms with Gasteiger partial charge in [0.15, 0.2) is 0 Å². The van der Waals surface area contributed by atoms with Crippen LogP contribution in [-0.2, 0) is 0 Å². The fraction of sp³-hybridized carbons (Fsp3) is 0.190. The highest BCUT2D eigenvalue weighted by Crippen LogP contribution is 2.31. The van der Waals surface area contributed by atoms with Crippen molar-refractivity contribution < 1.29 is 13.7 Å². The number of nitrogens with zero attached hydrogens (tertiary/aromatic N) is 2. The molecule has 0 radical (unpaired) electrons. The first-order chi connectivity index (χ1) is 13.5. The zero-order chi connectivity index (χ0) is 19.8. The number of anilines is 1. The third-order valence-electron chi connectivity index (χ3n) is 4.51. The largest absolute Gasteiger partial charge is 0.466 e. The molecule has 0 spiro atoms. The number of nitrogens with one attached hydrogen (secondary N) is 1. The van der Waals surface area contributed by atoms with Crippen LogP contribution in [0.3, 0.4) is 0 Å². The summed E-state index contributed by atoms with van der Waals surface area (Å²) in [6.45, 7) is 5.54. The number of amides is 1. The van der Waals surface area contributed by atoms with Crippen LogP contribution < -0.4 is 5.32 Å². The van der Waals surface area contributed by atoms with Crippen LogP contribution in [0.25, 0.3) is 22.4 Å². The van der Waals surface area contributed by atoms with Gasteiger partial charge in [0.25, 0.3) is 11.6 Å². The van der Waals surface area contributed by atoms with E-state index in [2.05, 4.69) is 15.5 Å². The van der Waals surface area contributed by atoms with Gasteiger partial charge in [0.05, 0.1) is 22.3 Å². The van der Waals surface area contributed by atoms with Gasteiger partial charge in [0, 0.05) is 16.1 Å². The summed E-state index contributed by atoms with van der Waals surface area (Å²) in [4.78, 5) is 18.7. The summed E-state index contributed by atoms with van der Waals surface area (Å²) in [6, 6.07) is 11.4. The highest BCUT2D eigenvalue weighted by Gasteiger charge is 2.21. The summed E-state index contributed by atoms with van der Waals surface area (Å²) in [6.07, 6.45) is 2.00. The summed E-state index contributed by atoms with van der Waals surface area (Å²) in [5.74, 6) is 1.28. The SMILES string of the molecule is CSc1cccc(NC(=O)c2cc(-c3cc(C)oc3C)nc3onc(C)c23)c1. The van der Waals surface area contributed by atoms with Crippen molar-refractivity contribution in [2.75, 3.05) is 11.6 Å². The van der Waals surface area contributed by atoms with Crippen molar-refractivity contribution in [1.82, 2.24) is 10.1 Å². The van der Waals surface area contributed by atoms with Crippen molar-refractivity contribution in [3.05, 3.63) is 59.2 Å². The molecule has 0 saturated heterocycles. The van der Waals surface area contributed by atoms with E-state index in [1.807, 2.05) is 50.4 Å². The van der Waals surface area contributed by atoms with Crippen LogP contribution in [0.1, 0.15) is 27.6 Å². The molecule has 4 aromatic rings. The molecule has 4 rings (SSSR count). The summed E-state index contributed by atoms with van der Waals surface area (Å²) in [7, 11) is 0. The van der Waals surface area contributed by atoms with Gasteiger partial charge in [-0.25, -0.2) is 4.98 Å². The first-order valence-corrected chi connectivity index (χ1v) is 9.98. The van der Waals surface area contributed by atoms with Gasteiger partial charge in [-0.05, 0) is 57.4 Å². The molecule has 0 aliphatic heterocycles. The van der Waals surface area contributed by atoms with Gasteiger partial charge in [0.2, 0.25) is 0 Å². The minimum atomic E-state index is -0.240. The molecule has 0 bridgehead atoms. The van der Waals surface area contributed by atoms with E-state index < -0.39 is 0 Å². The number of pyridine rings is 1. The van der Waals surface area contributed by atoms with Crippen molar-refractivity contribution in [3.8, 4) is 11.3 Å². The Bertz CT molecular complexity index is 1190. The highest BCUT2D eigenvalue weighted by molar-refractivity contribution is 7.98. The molecule has 0 saturated carbocycles. The maximum atomic E-state index is 13.1. The van der Waals surface area contributed by atoms with Gasteiger partial charge >= 0.3 is 0 Å². The predicted octanol–water partition coefficient (Wildman–Crippen LogP) is 5.38. The Labute approximate surface area is 166 Å². The number of hydrogen-bond donors (Lipinski definition) is 1. The summed E-state index contributed by atoms with van der Waals surface area (Å²) >= 11 is 1.62. The standard InChI is InChI=1S/C21H19N3O3S/c1-11-8-16(13(3)26-11)18-10-17(19-12(2)24-27-21(19)23-18)20(25)22-14-6-5-7-15(9-14)28-4/h5-10H,1-4H3,(H,22,25). The Kier molecular flexibility index (Phi) is 4.68. The monoisotopic (exact) mass is 393 g/mol. The van der Waals surface area contributed by atoms with Crippen LogP contribution in [-0.4, -0.2) is 22.3 Å². The number of carbonyl (C=O) groups excluding carboxylic acids is 1. The van der Waals surface area contributed by atoms with Crippen molar-refractivity contribution >= 4 is 34.5 Å². The summed E-state index contributed by atoms with van der Waals surface area (Å²) in [5, 5.41) is 7.57. The molecule has 28 heavy (non-hydrogen) atoms. The minimum Gasteiger partial charge on any atom is -0.466 e. The molecule has 7 heteroatoms. The summed E-state index contributed by atoms with van der Waals surface area (Å²) in [5.41, 5.74) is 3.58. The third kappa shape index (κ3) is 3.29. The van der Waals surface area contributed by atoms with Gasteiger partial charge in [0.1, 0.15) is 11.5 Å². The molecule has 1 aromatic carbocycles. The lowest BCUT2D eigenvalue weighted by atomic mass is 10.1. The molecule has 3 aromatic heterocycles. The minimum absolute atomic E-state index is 0.240. The Morgan fingerprint density at radius 2 is 1.96 bits per heavy atom. The normalized spacial score (nSPS) is 11.1. The molecule has 6 nitrogen and oxygen atoms in total. The molecular weight excluding hydrogens is 374 g/mol. The number of furan rings is 1. The van der Waals surface area contributed by atoms with E-state index >= 15 is 0 Å². The summed E-state index contributed by atoms with van der Waals surface area (Å²) < 4.78 is 11.0. The lowest BCUT2D eigenvalue weighted by Crippen LogP contribution is -2.13. The van der Waals surface area contributed by atoms with E-state index in [9.17, 15) is 4.79 Å². The van der Waals surface area contributed by atoms with Gasteiger partial charge in [-0.2, -0.15) is 0 Å². The molecule has 0 aliphatic carbocycles. The molecule has 1 N–H and O–H groups in total. The average molecular weight is 393 g/mol. The number of hydrogen-bond acceptors (Lipinski definition) is 6. The fourth-order valence-corrected chi connectivity index (χ4v) is 3.66. The number of thioether (sulfide) groups is 1. The lowest BCUT2D eigenvalue weighted by molar-refractivity contribution is 0.102. The van der Waals surface area contributed by atoms with E-state index in [0.29, 0.717) is 28.1 Å². The van der Waals surface area contributed by atoms with E-state index in [4.69, 9.17) is 8.94 Å². The molecule has 1 amide bonds. The number of rotatable bonds is 4. The Morgan fingerprint density at radius 1 is 1.14 bits per heavy atom. The van der Waals surface area contributed by atoms with Crippen molar-refractivity contribution in [3.63, 3.8) is 0 Å². The van der Waals surface area contributed by atoms with Crippen molar-refractivity contribution in [1.29, 1.82) is 0 Å². The van der Waals surface area contributed by atoms with Crippen molar-refractivity contribution in [2.45, 2.75) is 25.7 Å². The molecule has 0 fully saturated rings. The second-order valence-electron chi connectivity index (χ2n) is 6.52. The fourth-order valence-electron chi connectivity index (χ4n) is 3.20. The molecule has 142 valence electrons. The molecule has 0 atom stereocenters. The van der Waals surface area contributed by atoms with E-state index in [-0.39, 0.29) is 5.91 Å². The third-order valence-corrected chi connectivity index (χ3v) is 5.23. The van der Waals surface area contributed by atoms with Crippen LogP contribution in [0.5, 0.6) is 0 Å². The van der Waals surface area contributed by atoms with Gasteiger partial charge in [-0.15, -0.1) is 11.8 Å². The van der Waals surface area contributed by atoms with Gasteiger partial charge in [-0.1, -0.05) is 11.2 Å². The number of carbonyl (C=O) groups is 1. The van der Waals surface area contributed by atoms with Crippen LogP contribution in [0.15, 0.2) is 50.2 Å². The van der Waals surface area contributed by atoms with Crippen LogP contribution >= 0.6 is 11.8 Å². The van der Waals surface area contributed by atoms with E-state index in [1.54, 1.807) is 24.8 Å². The zero-order valence-electron chi connectivity index (χ0n) is 16.0. The van der Waals surface area contributed by atoms with Crippen LogP contribution in [0, 0.1) is 20.8 Å². The van der Waals surface area contributed by atoms with Crippen LogP contribution in [0.4, 0.5) is 5.69 Å². The predicted molar refractivity (Wildman–Crippen MR) is 110 cm³/mol.